The smallest absolute Gasteiger partial charge is 0.234 e. The molecule has 0 saturated carbocycles. The molecule has 0 unspecified atom stereocenters. The zero-order chi connectivity index (χ0) is 17.4. The summed E-state index contributed by atoms with van der Waals surface area (Å²) in [6.07, 6.45) is 0. The van der Waals surface area contributed by atoms with E-state index in [1.54, 1.807) is 17.8 Å². The van der Waals surface area contributed by atoms with E-state index in [2.05, 4.69) is 22.4 Å². The van der Waals surface area contributed by atoms with Gasteiger partial charge in [0.05, 0.1) is 17.2 Å². The fourth-order valence-electron chi connectivity index (χ4n) is 1.60. The van der Waals surface area contributed by atoms with Gasteiger partial charge in [-0.3, -0.25) is 9.59 Å². The largest absolute Gasteiger partial charge is 0.369 e. The highest BCUT2D eigenvalue weighted by atomic mass is 32.2. The molecule has 0 aliphatic heterocycles. The average molecular weight is 401 g/mol. The molecule has 0 aliphatic rings. The molecule has 1 aromatic heterocycles. The van der Waals surface area contributed by atoms with Crippen molar-refractivity contribution in [3.05, 3.63) is 24.3 Å². The Bertz CT molecular complexity index is 708. The number of carbonyl (C=O) groups excluding carboxylic acids is 2. The molecule has 1 heterocycles. The van der Waals surface area contributed by atoms with Crippen molar-refractivity contribution in [1.82, 2.24) is 10.2 Å². The zero-order valence-electron chi connectivity index (χ0n) is 12.9. The number of nitrogens with two attached hydrogens (primary N) is 1. The van der Waals surface area contributed by atoms with Gasteiger partial charge in [-0.05, 0) is 17.9 Å². The monoisotopic (exact) mass is 400 g/mol. The Morgan fingerprint density at radius 1 is 1.12 bits per heavy atom. The summed E-state index contributed by atoms with van der Waals surface area (Å²) in [7, 11) is 0. The van der Waals surface area contributed by atoms with Crippen LogP contribution in [0, 0.1) is 0 Å². The maximum Gasteiger partial charge on any atom is 0.234 e. The number of primary amides is 1. The minimum absolute atomic E-state index is 0.132. The first-order valence-electron chi connectivity index (χ1n) is 6.97. The first-order chi connectivity index (χ1) is 11.6. The molecule has 0 fully saturated rings. The summed E-state index contributed by atoms with van der Waals surface area (Å²) >= 11 is 5.78. The van der Waals surface area contributed by atoms with Gasteiger partial charge in [0.1, 0.15) is 0 Å². The summed E-state index contributed by atoms with van der Waals surface area (Å²) in [6, 6.07) is 7.32. The summed E-state index contributed by atoms with van der Waals surface area (Å²) in [5.41, 5.74) is 5.84. The number of amides is 2. The molecule has 0 atom stereocenters. The van der Waals surface area contributed by atoms with Crippen molar-refractivity contribution in [1.29, 1.82) is 0 Å². The second-order valence-corrected chi connectivity index (χ2v) is 9.08. The van der Waals surface area contributed by atoms with Crippen molar-refractivity contribution >= 4 is 64.1 Å². The van der Waals surface area contributed by atoms with Crippen molar-refractivity contribution in [2.45, 2.75) is 20.5 Å². The van der Waals surface area contributed by atoms with Crippen LogP contribution in [0.5, 0.6) is 0 Å². The number of nitrogens with one attached hydrogen (secondary N) is 1. The molecular weight excluding hydrogens is 384 g/mol. The summed E-state index contributed by atoms with van der Waals surface area (Å²) in [4.78, 5) is 23.9. The van der Waals surface area contributed by atoms with Gasteiger partial charge in [0.2, 0.25) is 11.8 Å². The Morgan fingerprint density at radius 3 is 2.54 bits per heavy atom. The predicted octanol–water partition coefficient (Wildman–Crippen LogP) is 2.96. The van der Waals surface area contributed by atoms with Crippen LogP contribution in [0.3, 0.4) is 0 Å². The van der Waals surface area contributed by atoms with Gasteiger partial charge in [0.25, 0.3) is 0 Å². The van der Waals surface area contributed by atoms with Crippen molar-refractivity contribution < 1.29 is 9.59 Å². The fourth-order valence-corrected chi connectivity index (χ4v) is 5.06. The number of carbonyl (C=O) groups is 2. The molecule has 0 spiro atoms. The van der Waals surface area contributed by atoms with Crippen LogP contribution < -0.4 is 11.1 Å². The summed E-state index contributed by atoms with van der Waals surface area (Å²) in [5, 5.41) is 11.0. The van der Waals surface area contributed by atoms with Crippen LogP contribution in [-0.4, -0.2) is 39.3 Å². The van der Waals surface area contributed by atoms with Crippen LogP contribution in [-0.2, 0) is 9.59 Å². The van der Waals surface area contributed by atoms with Gasteiger partial charge in [-0.1, -0.05) is 53.9 Å². The molecule has 2 aromatic rings. The van der Waals surface area contributed by atoms with E-state index in [0.717, 1.165) is 19.3 Å². The van der Waals surface area contributed by atoms with E-state index in [1.807, 2.05) is 18.2 Å². The normalized spacial score (nSPS) is 10.5. The summed E-state index contributed by atoms with van der Waals surface area (Å²) in [6.45, 7) is 2.06. The molecule has 24 heavy (non-hydrogen) atoms. The van der Waals surface area contributed by atoms with E-state index in [1.165, 1.54) is 34.9 Å². The van der Waals surface area contributed by atoms with Crippen LogP contribution in [0.1, 0.15) is 6.92 Å². The van der Waals surface area contributed by atoms with E-state index in [9.17, 15) is 9.59 Å². The highest BCUT2D eigenvalue weighted by Crippen LogP contribution is 2.29. The molecule has 0 bridgehead atoms. The topological polar surface area (TPSA) is 98.0 Å². The third-order valence-electron chi connectivity index (χ3n) is 2.51. The third-order valence-corrected chi connectivity index (χ3v) is 6.68. The Morgan fingerprint density at radius 2 is 1.83 bits per heavy atom. The average Bonchev–Trinajstić information content (AvgIpc) is 3.00. The minimum atomic E-state index is -0.395. The highest BCUT2D eigenvalue weighted by molar-refractivity contribution is 8.03. The number of aromatic nitrogens is 2. The molecule has 0 saturated heterocycles. The SMILES string of the molecule is CCSc1nnc(SCC(=O)Nc2ccccc2SCC(N)=O)s1. The molecular formula is C14H16N4O2S4. The Hall–Kier alpha value is -1.23. The van der Waals surface area contributed by atoms with Crippen molar-refractivity contribution in [3.8, 4) is 0 Å². The number of thioether (sulfide) groups is 3. The van der Waals surface area contributed by atoms with Crippen molar-refractivity contribution in [3.63, 3.8) is 0 Å². The standard InChI is InChI=1S/C14H16N4O2S4/c1-2-21-13-17-18-14(24-13)23-8-12(20)16-9-5-3-4-6-10(9)22-7-11(15)19/h3-6H,2,7-8H2,1H3,(H2,15,19)(H,16,20). The fraction of sp³-hybridized carbons (Fsp3) is 0.286. The highest BCUT2D eigenvalue weighted by Gasteiger charge is 2.11. The first kappa shape index (κ1) is 19.1. The minimum Gasteiger partial charge on any atom is -0.369 e. The molecule has 2 amide bonds. The van der Waals surface area contributed by atoms with Gasteiger partial charge in [-0.25, -0.2) is 0 Å². The second kappa shape index (κ2) is 9.92. The lowest BCUT2D eigenvalue weighted by Gasteiger charge is -2.09. The molecule has 0 aliphatic carbocycles. The van der Waals surface area contributed by atoms with Crippen LogP contribution in [0.2, 0.25) is 0 Å². The van der Waals surface area contributed by atoms with Crippen LogP contribution in [0.4, 0.5) is 5.69 Å². The summed E-state index contributed by atoms with van der Waals surface area (Å²) < 4.78 is 1.69. The van der Waals surface area contributed by atoms with Crippen LogP contribution in [0.25, 0.3) is 0 Å². The zero-order valence-corrected chi connectivity index (χ0v) is 16.1. The summed E-state index contributed by atoms with van der Waals surface area (Å²) in [5.74, 6) is 0.838. The Labute approximate surface area is 156 Å². The van der Waals surface area contributed by atoms with Crippen molar-refractivity contribution in [2.24, 2.45) is 5.73 Å². The molecule has 10 heteroatoms. The van der Waals surface area contributed by atoms with Crippen LogP contribution >= 0.6 is 46.6 Å². The van der Waals surface area contributed by atoms with E-state index >= 15 is 0 Å². The Kier molecular flexibility index (Phi) is 7.89. The maximum atomic E-state index is 12.1. The predicted molar refractivity (Wildman–Crippen MR) is 102 cm³/mol. The lowest BCUT2D eigenvalue weighted by atomic mass is 10.3. The second-order valence-electron chi connectivity index (χ2n) is 4.35. The van der Waals surface area contributed by atoms with E-state index in [4.69, 9.17) is 5.73 Å². The van der Waals surface area contributed by atoms with E-state index in [0.29, 0.717) is 5.69 Å². The van der Waals surface area contributed by atoms with E-state index < -0.39 is 5.91 Å². The number of hydrogen-bond donors (Lipinski definition) is 2. The third kappa shape index (κ3) is 6.34. The molecule has 3 N–H and O–H groups in total. The van der Waals surface area contributed by atoms with Gasteiger partial charge in [0.15, 0.2) is 8.68 Å². The van der Waals surface area contributed by atoms with Gasteiger partial charge >= 0.3 is 0 Å². The van der Waals surface area contributed by atoms with Gasteiger partial charge < -0.3 is 11.1 Å². The maximum absolute atomic E-state index is 12.1. The molecule has 1 aromatic carbocycles. The number of rotatable bonds is 9. The van der Waals surface area contributed by atoms with Gasteiger partial charge in [0, 0.05) is 4.90 Å². The molecule has 6 nitrogen and oxygen atoms in total. The molecule has 2 rings (SSSR count). The number of hydrogen-bond acceptors (Lipinski definition) is 8. The van der Waals surface area contributed by atoms with Gasteiger partial charge in [-0.2, -0.15) is 0 Å². The number of para-hydroxylation sites is 1. The lowest BCUT2D eigenvalue weighted by molar-refractivity contribution is -0.115. The van der Waals surface area contributed by atoms with Gasteiger partial charge in [-0.15, -0.1) is 22.0 Å². The Balaban J connectivity index is 1.88. The lowest BCUT2D eigenvalue weighted by Crippen LogP contribution is -2.15. The molecule has 128 valence electrons. The quantitative estimate of drug-likeness (QED) is 0.624. The molecule has 0 radical (unpaired) electrons. The number of anilines is 1. The van der Waals surface area contributed by atoms with Crippen LogP contribution in [0.15, 0.2) is 37.8 Å². The van der Waals surface area contributed by atoms with Crippen molar-refractivity contribution in [2.75, 3.05) is 22.6 Å². The number of nitrogens with zero attached hydrogens (tertiary/aromatic N) is 2. The van der Waals surface area contributed by atoms with E-state index in [-0.39, 0.29) is 17.4 Å². The first-order valence-corrected chi connectivity index (χ1v) is 10.7. The number of benzene rings is 1.